The number of ether oxygens (including phenoxy) is 1. The molecule has 1 aromatic rings. The molecule has 0 aromatic carbocycles. The maximum absolute atomic E-state index is 12.6. The van der Waals surface area contributed by atoms with E-state index in [9.17, 15) is 4.79 Å². The van der Waals surface area contributed by atoms with E-state index in [1.165, 1.54) is 43.9 Å². The number of rotatable bonds is 6. The molecule has 1 amide bonds. The van der Waals surface area contributed by atoms with Crippen molar-refractivity contribution >= 4 is 17.7 Å². The number of hydrogen-bond acceptors (Lipinski definition) is 5. The van der Waals surface area contributed by atoms with Gasteiger partial charge in [-0.2, -0.15) is 0 Å². The van der Waals surface area contributed by atoms with Crippen LogP contribution in [0.25, 0.3) is 0 Å². The van der Waals surface area contributed by atoms with Crippen LogP contribution >= 0.6 is 11.8 Å². The molecule has 1 aliphatic carbocycles. The summed E-state index contributed by atoms with van der Waals surface area (Å²) in [7, 11) is 0. The van der Waals surface area contributed by atoms with E-state index in [4.69, 9.17) is 4.74 Å². The van der Waals surface area contributed by atoms with E-state index < -0.39 is 0 Å². The molecule has 2 fully saturated rings. The molecule has 2 heterocycles. The van der Waals surface area contributed by atoms with Gasteiger partial charge < -0.3 is 14.2 Å². The van der Waals surface area contributed by atoms with Gasteiger partial charge in [0.25, 0.3) is 0 Å². The molecular weight excluding hydrogens is 348 g/mol. The van der Waals surface area contributed by atoms with Gasteiger partial charge in [0.05, 0.1) is 18.0 Å². The summed E-state index contributed by atoms with van der Waals surface area (Å²) < 4.78 is 7.86. The van der Waals surface area contributed by atoms with E-state index in [0.717, 1.165) is 11.0 Å². The Hall–Kier alpha value is -1.34. The maximum atomic E-state index is 12.6. The molecule has 6 nitrogen and oxygen atoms in total. The standard InChI is InChI=1S/C19H30N4O2S/c1-4-10-23-18(16-8-6-5-7-9-16)20-21-19(23)26-13-17(24)22-11-14(2)25-15(3)12-22/h4,14-16H,1,5-13H2,2-3H3. The number of carbonyl (C=O) groups is 1. The van der Waals surface area contributed by atoms with Gasteiger partial charge in [0, 0.05) is 25.6 Å². The first-order valence-electron chi connectivity index (χ1n) is 9.68. The zero-order valence-electron chi connectivity index (χ0n) is 15.9. The Morgan fingerprint density at radius 3 is 2.58 bits per heavy atom. The summed E-state index contributed by atoms with van der Waals surface area (Å²) in [5.74, 6) is 2.08. The van der Waals surface area contributed by atoms with E-state index in [2.05, 4.69) is 21.3 Å². The summed E-state index contributed by atoms with van der Waals surface area (Å²) in [6.07, 6.45) is 8.28. The molecule has 0 N–H and O–H groups in total. The molecule has 2 unspecified atom stereocenters. The highest BCUT2D eigenvalue weighted by molar-refractivity contribution is 7.99. The average Bonchev–Trinajstić information content (AvgIpc) is 3.02. The lowest BCUT2D eigenvalue weighted by Crippen LogP contribution is -2.48. The Labute approximate surface area is 160 Å². The summed E-state index contributed by atoms with van der Waals surface area (Å²) in [6, 6.07) is 0. The fourth-order valence-corrected chi connectivity index (χ4v) is 4.83. The predicted octanol–water partition coefficient (Wildman–Crippen LogP) is 3.24. The fraction of sp³-hybridized carbons (Fsp3) is 0.737. The number of hydrogen-bond donors (Lipinski definition) is 0. The first kappa shape index (κ1) is 19.4. The van der Waals surface area contributed by atoms with E-state index in [1.807, 2.05) is 24.8 Å². The first-order valence-corrected chi connectivity index (χ1v) is 10.7. The maximum Gasteiger partial charge on any atom is 0.233 e. The summed E-state index contributed by atoms with van der Waals surface area (Å²) in [5, 5.41) is 9.69. The summed E-state index contributed by atoms with van der Waals surface area (Å²) >= 11 is 1.49. The average molecular weight is 379 g/mol. The zero-order chi connectivity index (χ0) is 18.5. The largest absolute Gasteiger partial charge is 0.372 e. The number of thioether (sulfide) groups is 1. The van der Waals surface area contributed by atoms with Gasteiger partial charge in [-0.05, 0) is 26.7 Å². The van der Waals surface area contributed by atoms with Gasteiger partial charge in [0.1, 0.15) is 5.82 Å². The summed E-state index contributed by atoms with van der Waals surface area (Å²) in [4.78, 5) is 14.5. The Kier molecular flexibility index (Phi) is 6.75. The van der Waals surface area contributed by atoms with Crippen molar-refractivity contribution in [1.82, 2.24) is 19.7 Å². The number of aromatic nitrogens is 3. The number of carbonyl (C=O) groups excluding carboxylic acids is 1. The van der Waals surface area contributed by atoms with Crippen molar-refractivity contribution in [2.24, 2.45) is 0 Å². The third-order valence-corrected chi connectivity index (χ3v) is 6.08. The van der Waals surface area contributed by atoms with E-state index >= 15 is 0 Å². The number of amides is 1. The van der Waals surface area contributed by atoms with Crippen molar-refractivity contribution in [1.29, 1.82) is 0 Å². The number of morpholine rings is 1. The monoisotopic (exact) mass is 378 g/mol. The normalized spacial score (nSPS) is 24.6. The van der Waals surface area contributed by atoms with Crippen molar-refractivity contribution in [2.45, 2.75) is 75.8 Å². The molecular formula is C19H30N4O2S. The van der Waals surface area contributed by atoms with Gasteiger partial charge in [0.2, 0.25) is 5.91 Å². The zero-order valence-corrected chi connectivity index (χ0v) is 16.7. The van der Waals surface area contributed by atoms with Gasteiger partial charge >= 0.3 is 0 Å². The number of allylic oxidation sites excluding steroid dienone is 1. The minimum absolute atomic E-state index is 0.0926. The second-order valence-electron chi connectivity index (χ2n) is 7.42. The van der Waals surface area contributed by atoms with Crippen LogP contribution in [0.4, 0.5) is 0 Å². The summed E-state index contributed by atoms with van der Waals surface area (Å²) in [6.45, 7) is 9.92. The Balaban J connectivity index is 1.64. The Bertz CT molecular complexity index is 617. The SMILES string of the molecule is C=CCn1c(SCC(=O)N2CC(C)OC(C)C2)nnc1C1CCCCC1. The van der Waals surface area contributed by atoms with Gasteiger partial charge in [-0.1, -0.05) is 37.1 Å². The van der Waals surface area contributed by atoms with Crippen LogP contribution in [-0.2, 0) is 16.1 Å². The second-order valence-corrected chi connectivity index (χ2v) is 8.36. The molecule has 0 spiro atoms. The van der Waals surface area contributed by atoms with Crippen molar-refractivity contribution in [3.63, 3.8) is 0 Å². The molecule has 26 heavy (non-hydrogen) atoms. The Morgan fingerprint density at radius 2 is 1.92 bits per heavy atom. The van der Waals surface area contributed by atoms with E-state index in [0.29, 0.717) is 31.3 Å². The third kappa shape index (κ3) is 4.68. The molecule has 1 aromatic heterocycles. The number of nitrogens with zero attached hydrogens (tertiary/aromatic N) is 4. The van der Waals surface area contributed by atoms with Crippen LogP contribution in [0.1, 0.15) is 57.7 Å². The van der Waals surface area contributed by atoms with Gasteiger partial charge in [0.15, 0.2) is 5.16 Å². The minimum atomic E-state index is 0.0926. The van der Waals surface area contributed by atoms with Gasteiger partial charge in [-0.15, -0.1) is 16.8 Å². The molecule has 2 aliphatic rings. The summed E-state index contributed by atoms with van der Waals surface area (Å²) in [5.41, 5.74) is 0. The van der Waals surface area contributed by atoms with Crippen LogP contribution in [0.15, 0.2) is 17.8 Å². The van der Waals surface area contributed by atoms with Crippen LogP contribution in [0.5, 0.6) is 0 Å². The molecule has 2 atom stereocenters. The van der Waals surface area contributed by atoms with Crippen LogP contribution < -0.4 is 0 Å². The third-order valence-electron chi connectivity index (χ3n) is 5.12. The highest BCUT2D eigenvalue weighted by Gasteiger charge is 2.27. The van der Waals surface area contributed by atoms with Gasteiger partial charge in [-0.3, -0.25) is 4.79 Å². The van der Waals surface area contributed by atoms with Gasteiger partial charge in [-0.25, -0.2) is 0 Å². The predicted molar refractivity (Wildman–Crippen MR) is 103 cm³/mol. The molecule has 144 valence electrons. The topological polar surface area (TPSA) is 60.2 Å². The Morgan fingerprint density at radius 1 is 1.23 bits per heavy atom. The molecule has 7 heteroatoms. The lowest BCUT2D eigenvalue weighted by atomic mass is 9.89. The van der Waals surface area contributed by atoms with Crippen molar-refractivity contribution in [3.8, 4) is 0 Å². The fourth-order valence-electron chi connectivity index (χ4n) is 3.97. The molecule has 1 aliphatic heterocycles. The van der Waals surface area contributed by atoms with Crippen molar-refractivity contribution in [3.05, 3.63) is 18.5 Å². The van der Waals surface area contributed by atoms with Crippen molar-refractivity contribution in [2.75, 3.05) is 18.8 Å². The molecule has 0 radical (unpaired) electrons. The van der Waals surface area contributed by atoms with Crippen LogP contribution in [-0.4, -0.2) is 56.6 Å². The van der Waals surface area contributed by atoms with Crippen molar-refractivity contribution < 1.29 is 9.53 Å². The molecule has 1 saturated carbocycles. The molecule has 0 bridgehead atoms. The first-order chi connectivity index (χ1) is 12.6. The van der Waals surface area contributed by atoms with Crippen LogP contribution in [0.3, 0.4) is 0 Å². The van der Waals surface area contributed by atoms with E-state index in [-0.39, 0.29) is 18.1 Å². The van der Waals surface area contributed by atoms with Crippen LogP contribution in [0.2, 0.25) is 0 Å². The molecule has 1 saturated heterocycles. The lowest BCUT2D eigenvalue weighted by molar-refractivity contribution is -0.140. The van der Waals surface area contributed by atoms with Crippen LogP contribution in [0, 0.1) is 0 Å². The quantitative estimate of drug-likeness (QED) is 0.562. The smallest absolute Gasteiger partial charge is 0.233 e. The molecule has 3 rings (SSSR count). The van der Waals surface area contributed by atoms with E-state index in [1.54, 1.807) is 0 Å². The highest BCUT2D eigenvalue weighted by atomic mass is 32.2. The second kappa shape index (κ2) is 9.04. The minimum Gasteiger partial charge on any atom is -0.372 e. The highest BCUT2D eigenvalue weighted by Crippen LogP contribution is 2.33. The lowest BCUT2D eigenvalue weighted by Gasteiger charge is -2.35.